The molecular formula is C21H16Cl2N4O3S. The Morgan fingerprint density at radius 1 is 1.19 bits per heavy atom. The molecule has 0 aliphatic heterocycles. The molecule has 0 fully saturated rings. The molecule has 0 bridgehead atoms. The number of nitrogens with one attached hydrogen (secondary N) is 1. The van der Waals surface area contributed by atoms with E-state index < -0.39 is 5.91 Å². The molecule has 158 valence electrons. The molecule has 0 aliphatic rings. The van der Waals surface area contributed by atoms with Crippen molar-refractivity contribution in [3.05, 3.63) is 70.5 Å². The fourth-order valence-corrected chi connectivity index (χ4v) is 4.09. The highest BCUT2D eigenvalue weighted by molar-refractivity contribution is 7.15. The zero-order valence-electron chi connectivity index (χ0n) is 16.0. The summed E-state index contributed by atoms with van der Waals surface area (Å²) >= 11 is 13.7. The number of benzene rings is 2. The fourth-order valence-electron chi connectivity index (χ4n) is 2.76. The second kappa shape index (κ2) is 9.38. The molecule has 4 aromatic rings. The summed E-state index contributed by atoms with van der Waals surface area (Å²) < 4.78 is 12.7. The number of fused-ring (bicyclic) bond motifs is 1. The van der Waals surface area contributed by atoms with Crippen LogP contribution in [-0.2, 0) is 4.79 Å². The highest BCUT2D eigenvalue weighted by Crippen LogP contribution is 2.33. The van der Waals surface area contributed by atoms with Gasteiger partial charge in [-0.3, -0.25) is 10.1 Å². The zero-order valence-corrected chi connectivity index (χ0v) is 18.4. The van der Waals surface area contributed by atoms with Crippen LogP contribution in [0.4, 0.5) is 5.95 Å². The van der Waals surface area contributed by atoms with Gasteiger partial charge in [-0.25, -0.2) is 4.52 Å². The molecule has 0 aliphatic carbocycles. The van der Waals surface area contributed by atoms with E-state index in [2.05, 4.69) is 22.0 Å². The van der Waals surface area contributed by atoms with Crippen LogP contribution in [0.3, 0.4) is 0 Å². The van der Waals surface area contributed by atoms with Gasteiger partial charge >= 0.3 is 0 Å². The van der Waals surface area contributed by atoms with Crippen molar-refractivity contribution < 1.29 is 14.3 Å². The number of amides is 1. The van der Waals surface area contributed by atoms with E-state index in [-0.39, 0.29) is 12.6 Å². The quantitative estimate of drug-likeness (QED) is 0.348. The summed E-state index contributed by atoms with van der Waals surface area (Å²) in [5, 5.41) is 9.94. The zero-order chi connectivity index (χ0) is 21.8. The predicted molar refractivity (Wildman–Crippen MR) is 123 cm³/mol. The second-order valence-electron chi connectivity index (χ2n) is 6.26. The Bertz CT molecular complexity index is 1250. The van der Waals surface area contributed by atoms with E-state index in [1.165, 1.54) is 11.3 Å². The Hall–Kier alpha value is -3.07. The van der Waals surface area contributed by atoms with Gasteiger partial charge in [0, 0.05) is 16.0 Å². The highest BCUT2D eigenvalue weighted by Gasteiger charge is 2.16. The monoisotopic (exact) mass is 474 g/mol. The Balaban J connectivity index is 1.45. The molecule has 0 radical (unpaired) electrons. The molecule has 2 heterocycles. The van der Waals surface area contributed by atoms with Crippen molar-refractivity contribution in [2.45, 2.75) is 0 Å². The predicted octanol–water partition coefficient (Wildman–Crippen LogP) is 5.35. The Kier molecular flexibility index (Phi) is 6.41. The van der Waals surface area contributed by atoms with Crippen LogP contribution in [-0.4, -0.2) is 33.7 Å². The van der Waals surface area contributed by atoms with Crippen molar-refractivity contribution in [3.8, 4) is 22.8 Å². The van der Waals surface area contributed by atoms with E-state index in [9.17, 15) is 4.79 Å². The average molecular weight is 475 g/mol. The summed E-state index contributed by atoms with van der Waals surface area (Å²) in [5.41, 5.74) is 1.51. The topological polar surface area (TPSA) is 77.8 Å². The minimum Gasteiger partial charge on any atom is -0.486 e. The lowest BCUT2D eigenvalue weighted by Crippen LogP contribution is -2.21. The van der Waals surface area contributed by atoms with Gasteiger partial charge in [-0.2, -0.15) is 4.98 Å². The number of carbonyl (C=O) groups is 1. The molecule has 0 saturated carbocycles. The summed E-state index contributed by atoms with van der Waals surface area (Å²) in [4.78, 5) is 17.3. The van der Waals surface area contributed by atoms with E-state index in [0.717, 1.165) is 11.3 Å². The lowest BCUT2D eigenvalue weighted by Gasteiger charge is -2.11. The number of hydrogen-bond donors (Lipinski definition) is 1. The average Bonchev–Trinajstić information content (AvgIpc) is 3.32. The van der Waals surface area contributed by atoms with Crippen LogP contribution < -0.4 is 14.8 Å². The smallest absolute Gasteiger partial charge is 0.264 e. The Morgan fingerprint density at radius 2 is 1.97 bits per heavy atom. The summed E-state index contributed by atoms with van der Waals surface area (Å²) in [5.74, 6) is 0.754. The van der Waals surface area contributed by atoms with Crippen LogP contribution in [0.2, 0.25) is 10.0 Å². The van der Waals surface area contributed by atoms with E-state index in [1.54, 1.807) is 40.9 Å². The lowest BCUT2D eigenvalue weighted by molar-refractivity contribution is -0.118. The van der Waals surface area contributed by atoms with Gasteiger partial charge in [0.25, 0.3) is 11.9 Å². The van der Waals surface area contributed by atoms with Gasteiger partial charge in [0.1, 0.15) is 6.61 Å². The van der Waals surface area contributed by atoms with Gasteiger partial charge < -0.3 is 9.47 Å². The van der Waals surface area contributed by atoms with E-state index in [0.29, 0.717) is 33.1 Å². The molecule has 1 N–H and O–H groups in total. The number of hydrogen-bond acceptors (Lipinski definition) is 6. The number of anilines is 1. The second-order valence-corrected chi connectivity index (χ2v) is 7.94. The van der Waals surface area contributed by atoms with Gasteiger partial charge in [-0.05, 0) is 30.3 Å². The van der Waals surface area contributed by atoms with E-state index in [4.69, 9.17) is 32.7 Å². The summed E-state index contributed by atoms with van der Waals surface area (Å²) in [6.45, 7) is 3.73. The molecule has 2 aromatic heterocycles. The van der Waals surface area contributed by atoms with Gasteiger partial charge in [-0.15, -0.1) is 16.4 Å². The molecule has 0 spiro atoms. The first-order valence-electron chi connectivity index (χ1n) is 9.10. The van der Waals surface area contributed by atoms with Crippen molar-refractivity contribution >= 4 is 51.4 Å². The van der Waals surface area contributed by atoms with Crippen molar-refractivity contribution in [1.29, 1.82) is 0 Å². The molecule has 0 unspecified atom stereocenters. The standard InChI is InChI=1S/C21H16Cl2N4O3S/c1-2-9-29-17-5-3-4-6-18(17)30-11-19(28)24-20-25-21-27(26-20)16(12-31-21)14-8-7-13(22)10-15(14)23/h2-8,10,12H,1,9,11H2,(H,24,26,28). The normalized spacial score (nSPS) is 10.8. The third-order valence-corrected chi connectivity index (χ3v) is 5.47. The van der Waals surface area contributed by atoms with Crippen LogP contribution in [0.5, 0.6) is 11.5 Å². The van der Waals surface area contributed by atoms with Crippen LogP contribution in [0, 0.1) is 0 Å². The van der Waals surface area contributed by atoms with E-state index in [1.807, 2.05) is 17.5 Å². The Morgan fingerprint density at radius 3 is 2.71 bits per heavy atom. The maximum Gasteiger partial charge on any atom is 0.264 e. The number of ether oxygens (including phenoxy) is 2. The SMILES string of the molecule is C=CCOc1ccccc1OCC(=O)Nc1nc2scc(-c3ccc(Cl)cc3Cl)n2n1. The first kappa shape index (κ1) is 21.2. The molecule has 10 heteroatoms. The van der Waals surface area contributed by atoms with Crippen LogP contribution in [0.25, 0.3) is 16.2 Å². The summed E-state index contributed by atoms with van der Waals surface area (Å²) in [6, 6.07) is 12.3. The summed E-state index contributed by atoms with van der Waals surface area (Å²) in [6.07, 6.45) is 1.63. The van der Waals surface area contributed by atoms with Gasteiger partial charge in [0.15, 0.2) is 18.1 Å². The maximum absolute atomic E-state index is 12.3. The first-order chi connectivity index (χ1) is 15.0. The third kappa shape index (κ3) is 4.82. The van der Waals surface area contributed by atoms with Crippen molar-refractivity contribution in [2.75, 3.05) is 18.5 Å². The molecule has 4 rings (SSSR count). The molecular weight excluding hydrogens is 459 g/mol. The molecule has 2 aromatic carbocycles. The van der Waals surface area contributed by atoms with Crippen molar-refractivity contribution in [2.24, 2.45) is 0 Å². The van der Waals surface area contributed by atoms with Crippen molar-refractivity contribution in [1.82, 2.24) is 14.6 Å². The third-order valence-electron chi connectivity index (χ3n) is 4.10. The van der Waals surface area contributed by atoms with Gasteiger partial charge in [-0.1, -0.05) is 48.0 Å². The number of halogens is 2. The number of thiazole rings is 1. The van der Waals surface area contributed by atoms with Gasteiger partial charge in [0.2, 0.25) is 4.96 Å². The Labute approximate surface area is 191 Å². The molecule has 0 saturated heterocycles. The lowest BCUT2D eigenvalue weighted by atomic mass is 10.2. The van der Waals surface area contributed by atoms with Gasteiger partial charge in [0.05, 0.1) is 10.7 Å². The van der Waals surface area contributed by atoms with Crippen LogP contribution >= 0.6 is 34.5 Å². The van der Waals surface area contributed by atoms with Crippen LogP contribution in [0.1, 0.15) is 0 Å². The minimum atomic E-state index is -0.400. The molecule has 31 heavy (non-hydrogen) atoms. The summed E-state index contributed by atoms with van der Waals surface area (Å²) in [7, 11) is 0. The minimum absolute atomic E-state index is 0.169. The fraction of sp³-hybridized carbons (Fsp3) is 0.0952. The van der Waals surface area contributed by atoms with Crippen LogP contribution in [0.15, 0.2) is 60.5 Å². The number of aromatic nitrogens is 3. The highest BCUT2D eigenvalue weighted by atomic mass is 35.5. The largest absolute Gasteiger partial charge is 0.486 e. The first-order valence-corrected chi connectivity index (χ1v) is 10.7. The maximum atomic E-state index is 12.3. The van der Waals surface area contributed by atoms with Crippen molar-refractivity contribution in [3.63, 3.8) is 0 Å². The molecule has 7 nitrogen and oxygen atoms in total. The number of rotatable bonds is 8. The number of para-hydroxylation sites is 2. The number of nitrogens with zero attached hydrogens (tertiary/aromatic N) is 3. The molecule has 0 atom stereocenters. The molecule has 1 amide bonds. The van der Waals surface area contributed by atoms with E-state index >= 15 is 0 Å². The number of carbonyl (C=O) groups excluding carboxylic acids is 1.